The highest BCUT2D eigenvalue weighted by atomic mass is 16.6. The molecule has 1 atom stereocenters. The molecule has 0 saturated carbocycles. The van der Waals surface area contributed by atoms with Gasteiger partial charge in [0, 0.05) is 19.2 Å². The van der Waals surface area contributed by atoms with Crippen LogP contribution < -0.4 is 20.5 Å². The van der Waals surface area contributed by atoms with Crippen molar-refractivity contribution in [1.29, 1.82) is 0 Å². The van der Waals surface area contributed by atoms with Crippen LogP contribution in [0.25, 0.3) is 0 Å². The Hall–Kier alpha value is -2.70. The third-order valence-corrected chi connectivity index (χ3v) is 3.31. The first kappa shape index (κ1) is 14.2. The summed E-state index contributed by atoms with van der Waals surface area (Å²) in [5, 5.41) is 6.80. The molecule has 7 heteroatoms. The Bertz CT molecular complexity index is 656. The number of carbonyl (C=O) groups is 1. The molecule has 0 saturated heterocycles. The number of nitrogens with two attached hydrogens (primary N) is 1. The van der Waals surface area contributed by atoms with Crippen molar-refractivity contribution in [1.82, 2.24) is 15.1 Å². The summed E-state index contributed by atoms with van der Waals surface area (Å²) in [6.07, 6.45) is 3.75. The molecule has 0 fully saturated rings. The average molecular weight is 302 g/mol. The van der Waals surface area contributed by atoms with Gasteiger partial charge in [-0.3, -0.25) is 9.48 Å². The number of carbonyl (C=O) groups excluding carboxylic acids is 1. The molecule has 1 aromatic heterocycles. The first-order valence-corrected chi connectivity index (χ1v) is 7.14. The molecule has 0 bridgehead atoms. The molecule has 2 aromatic rings. The zero-order valence-electron chi connectivity index (χ0n) is 12.1. The molecule has 0 spiro atoms. The second kappa shape index (κ2) is 6.38. The molecule has 1 aliphatic rings. The van der Waals surface area contributed by atoms with E-state index in [9.17, 15) is 4.79 Å². The third kappa shape index (κ3) is 3.49. The lowest BCUT2D eigenvalue weighted by Gasteiger charge is -2.26. The number of para-hydroxylation sites is 2. The molecule has 0 radical (unpaired) electrons. The lowest BCUT2D eigenvalue weighted by Crippen LogP contribution is -2.35. The summed E-state index contributed by atoms with van der Waals surface area (Å²) in [5.74, 6) is 1.40. The highest BCUT2D eigenvalue weighted by Gasteiger charge is 2.20. The number of nitrogen functional groups attached to an aromatic ring is 1. The molecule has 7 nitrogen and oxygen atoms in total. The Labute approximate surface area is 128 Å². The average Bonchev–Trinajstić information content (AvgIpc) is 2.92. The predicted octanol–water partition coefficient (Wildman–Crippen LogP) is 0.812. The van der Waals surface area contributed by atoms with Gasteiger partial charge in [0.15, 0.2) is 11.5 Å². The van der Waals surface area contributed by atoms with Gasteiger partial charge in [0.05, 0.1) is 11.9 Å². The molecule has 22 heavy (non-hydrogen) atoms. The fraction of sp³-hybridized carbons (Fsp3) is 0.333. The topological polar surface area (TPSA) is 91.4 Å². The summed E-state index contributed by atoms with van der Waals surface area (Å²) in [6.45, 7) is 1.16. The van der Waals surface area contributed by atoms with Gasteiger partial charge in [-0.15, -0.1) is 0 Å². The molecule has 0 aliphatic carbocycles. The van der Waals surface area contributed by atoms with E-state index in [-0.39, 0.29) is 18.6 Å². The Morgan fingerprint density at radius 2 is 2.23 bits per heavy atom. The summed E-state index contributed by atoms with van der Waals surface area (Å²) < 4.78 is 13.0. The Morgan fingerprint density at radius 1 is 1.41 bits per heavy atom. The number of nitrogens with one attached hydrogen (secondary N) is 1. The number of benzene rings is 1. The first-order chi connectivity index (χ1) is 10.7. The number of hydrogen-bond acceptors (Lipinski definition) is 5. The summed E-state index contributed by atoms with van der Waals surface area (Å²) in [5.41, 5.74) is 6.09. The van der Waals surface area contributed by atoms with E-state index >= 15 is 0 Å². The molecule has 0 unspecified atom stereocenters. The van der Waals surface area contributed by atoms with Crippen molar-refractivity contribution in [2.24, 2.45) is 0 Å². The van der Waals surface area contributed by atoms with Gasteiger partial charge in [0.1, 0.15) is 19.3 Å². The van der Waals surface area contributed by atoms with Crippen molar-refractivity contribution in [3.63, 3.8) is 0 Å². The number of aromatic nitrogens is 2. The smallest absolute Gasteiger partial charge is 0.241 e. The van der Waals surface area contributed by atoms with Crippen LogP contribution in [0.4, 0.5) is 5.69 Å². The predicted molar refractivity (Wildman–Crippen MR) is 80.6 cm³/mol. The quantitative estimate of drug-likeness (QED) is 0.853. The SMILES string of the molecule is Nc1cnn(CC(=O)NCC[C@@H]2COc3ccccc3O2)c1. The van der Waals surface area contributed by atoms with Crippen molar-refractivity contribution in [2.75, 3.05) is 18.9 Å². The molecule has 2 heterocycles. The highest BCUT2D eigenvalue weighted by molar-refractivity contribution is 5.75. The van der Waals surface area contributed by atoms with Gasteiger partial charge in [-0.05, 0) is 12.1 Å². The fourth-order valence-electron chi connectivity index (χ4n) is 2.25. The van der Waals surface area contributed by atoms with Gasteiger partial charge in [-0.25, -0.2) is 0 Å². The van der Waals surface area contributed by atoms with Crippen LogP contribution in [0.3, 0.4) is 0 Å². The van der Waals surface area contributed by atoms with Crippen LogP contribution in [0.1, 0.15) is 6.42 Å². The van der Waals surface area contributed by atoms with E-state index in [2.05, 4.69) is 10.4 Å². The summed E-state index contributed by atoms with van der Waals surface area (Å²) in [6, 6.07) is 7.57. The minimum Gasteiger partial charge on any atom is -0.486 e. The van der Waals surface area contributed by atoms with Gasteiger partial charge < -0.3 is 20.5 Å². The molecule has 116 valence electrons. The van der Waals surface area contributed by atoms with Crippen LogP contribution >= 0.6 is 0 Å². The number of anilines is 1. The standard InChI is InChI=1S/C15H18N4O3/c16-11-7-18-19(8-11)9-15(20)17-6-5-12-10-21-13-3-1-2-4-14(13)22-12/h1-4,7-8,12H,5-6,9-10,16H2,(H,17,20)/t12-/m1/s1. The van der Waals surface area contributed by atoms with Gasteiger partial charge in [0.25, 0.3) is 0 Å². The van der Waals surface area contributed by atoms with Gasteiger partial charge in [0.2, 0.25) is 5.91 Å². The van der Waals surface area contributed by atoms with E-state index in [4.69, 9.17) is 15.2 Å². The third-order valence-electron chi connectivity index (χ3n) is 3.31. The summed E-state index contributed by atoms with van der Waals surface area (Å²) in [4.78, 5) is 11.8. The summed E-state index contributed by atoms with van der Waals surface area (Å²) >= 11 is 0. The summed E-state index contributed by atoms with van der Waals surface area (Å²) in [7, 11) is 0. The molecule has 1 aliphatic heterocycles. The minimum absolute atomic E-state index is 0.0597. The van der Waals surface area contributed by atoms with E-state index < -0.39 is 0 Å². The first-order valence-electron chi connectivity index (χ1n) is 7.14. The van der Waals surface area contributed by atoms with Crippen molar-refractivity contribution >= 4 is 11.6 Å². The maximum atomic E-state index is 11.8. The van der Waals surface area contributed by atoms with Crippen molar-refractivity contribution in [2.45, 2.75) is 19.1 Å². The van der Waals surface area contributed by atoms with E-state index in [0.717, 1.165) is 11.5 Å². The molecule has 1 aromatic carbocycles. The Balaban J connectivity index is 1.41. The molecule has 1 amide bonds. The second-order valence-electron chi connectivity index (χ2n) is 5.11. The van der Waals surface area contributed by atoms with E-state index in [1.165, 1.54) is 10.9 Å². The van der Waals surface area contributed by atoms with E-state index in [0.29, 0.717) is 25.3 Å². The van der Waals surface area contributed by atoms with Crippen LogP contribution in [0, 0.1) is 0 Å². The lowest BCUT2D eigenvalue weighted by molar-refractivity contribution is -0.121. The number of ether oxygens (including phenoxy) is 2. The zero-order chi connectivity index (χ0) is 15.4. The largest absolute Gasteiger partial charge is 0.486 e. The minimum atomic E-state index is -0.111. The second-order valence-corrected chi connectivity index (χ2v) is 5.11. The van der Waals surface area contributed by atoms with Crippen LogP contribution in [-0.4, -0.2) is 34.9 Å². The molecular formula is C15H18N4O3. The molecule has 3 N–H and O–H groups in total. The van der Waals surface area contributed by atoms with Crippen LogP contribution in [0.15, 0.2) is 36.7 Å². The van der Waals surface area contributed by atoms with Crippen molar-refractivity contribution in [3.05, 3.63) is 36.7 Å². The van der Waals surface area contributed by atoms with Crippen molar-refractivity contribution in [3.8, 4) is 11.5 Å². The van der Waals surface area contributed by atoms with Crippen LogP contribution in [-0.2, 0) is 11.3 Å². The zero-order valence-corrected chi connectivity index (χ0v) is 12.1. The van der Waals surface area contributed by atoms with E-state index in [1.807, 2.05) is 24.3 Å². The van der Waals surface area contributed by atoms with Crippen LogP contribution in [0.2, 0.25) is 0 Å². The number of hydrogen-bond donors (Lipinski definition) is 2. The van der Waals surface area contributed by atoms with Crippen molar-refractivity contribution < 1.29 is 14.3 Å². The molecule has 3 rings (SSSR count). The monoisotopic (exact) mass is 302 g/mol. The number of amides is 1. The highest BCUT2D eigenvalue weighted by Crippen LogP contribution is 2.31. The van der Waals surface area contributed by atoms with E-state index in [1.54, 1.807) is 6.20 Å². The van der Waals surface area contributed by atoms with Gasteiger partial charge in [-0.1, -0.05) is 12.1 Å². The normalized spacial score (nSPS) is 16.3. The maximum Gasteiger partial charge on any atom is 0.241 e. The molecular weight excluding hydrogens is 284 g/mol. The fourth-order valence-corrected chi connectivity index (χ4v) is 2.25. The maximum absolute atomic E-state index is 11.8. The lowest BCUT2D eigenvalue weighted by atomic mass is 10.2. The van der Waals surface area contributed by atoms with Gasteiger partial charge >= 0.3 is 0 Å². The number of rotatable bonds is 5. The Kier molecular flexibility index (Phi) is 4.13. The Morgan fingerprint density at radius 3 is 3.00 bits per heavy atom. The number of fused-ring (bicyclic) bond motifs is 1. The van der Waals surface area contributed by atoms with Gasteiger partial charge in [-0.2, -0.15) is 5.10 Å². The van der Waals surface area contributed by atoms with Crippen LogP contribution in [0.5, 0.6) is 11.5 Å². The number of nitrogens with zero attached hydrogens (tertiary/aromatic N) is 2.